The van der Waals surface area contributed by atoms with E-state index < -0.39 is 10.0 Å². The van der Waals surface area contributed by atoms with Crippen molar-refractivity contribution < 1.29 is 8.42 Å². The first kappa shape index (κ1) is 16.3. The number of benzene rings is 1. The fourth-order valence-electron chi connectivity index (χ4n) is 1.70. The summed E-state index contributed by atoms with van der Waals surface area (Å²) in [7, 11) is -3.55. The van der Waals surface area contributed by atoms with Crippen molar-refractivity contribution in [3.63, 3.8) is 0 Å². The van der Waals surface area contributed by atoms with E-state index in [9.17, 15) is 8.42 Å². The molecule has 19 heavy (non-hydrogen) atoms. The van der Waals surface area contributed by atoms with Crippen LogP contribution in [-0.2, 0) is 10.0 Å². The number of nitrogens with two attached hydrogens (primary N) is 1. The van der Waals surface area contributed by atoms with Crippen LogP contribution in [0.25, 0.3) is 0 Å². The fraction of sp³-hybridized carbons (Fsp3) is 0.538. The van der Waals surface area contributed by atoms with Crippen molar-refractivity contribution in [2.45, 2.75) is 38.6 Å². The molecular weight excluding hydrogens is 280 g/mol. The maximum absolute atomic E-state index is 12.3. The molecule has 0 saturated carbocycles. The first-order chi connectivity index (χ1) is 8.77. The maximum atomic E-state index is 12.3. The Balaban J connectivity index is 2.98. The van der Waals surface area contributed by atoms with Gasteiger partial charge in [-0.1, -0.05) is 6.92 Å². The highest BCUT2D eigenvalue weighted by Crippen LogP contribution is 2.23. The lowest BCUT2D eigenvalue weighted by atomic mass is 10.1. The van der Waals surface area contributed by atoms with Crippen LogP contribution in [0, 0.1) is 13.8 Å². The summed E-state index contributed by atoms with van der Waals surface area (Å²) in [6, 6.07) is 3.22. The summed E-state index contributed by atoms with van der Waals surface area (Å²) in [5, 5.41) is 0. The van der Waals surface area contributed by atoms with Gasteiger partial charge < -0.3 is 5.73 Å². The first-order valence-corrected chi connectivity index (χ1v) is 8.88. The van der Waals surface area contributed by atoms with Gasteiger partial charge in [0.1, 0.15) is 4.90 Å². The van der Waals surface area contributed by atoms with Gasteiger partial charge in [-0.15, -0.1) is 0 Å². The van der Waals surface area contributed by atoms with E-state index in [-0.39, 0.29) is 10.9 Å². The largest absolute Gasteiger partial charge is 0.398 e. The van der Waals surface area contributed by atoms with Crippen molar-refractivity contribution in [3.05, 3.63) is 23.3 Å². The molecule has 0 aromatic heterocycles. The number of sulfonamides is 1. The topological polar surface area (TPSA) is 72.2 Å². The van der Waals surface area contributed by atoms with Gasteiger partial charge in [-0.05, 0) is 49.8 Å². The minimum absolute atomic E-state index is 0.115. The predicted molar refractivity (Wildman–Crippen MR) is 83.1 cm³/mol. The molecule has 0 saturated heterocycles. The van der Waals surface area contributed by atoms with E-state index in [0.717, 1.165) is 22.6 Å². The van der Waals surface area contributed by atoms with E-state index >= 15 is 0 Å². The second-order valence-electron chi connectivity index (χ2n) is 4.66. The molecule has 3 N–H and O–H groups in total. The Morgan fingerprint density at radius 2 is 1.89 bits per heavy atom. The standard InChI is InChI=1S/C13H22N2O2S2/c1-5-18-8-11(4)15-19(16,17)13-7-10(3)9(2)6-12(13)14/h6-7,11,15H,5,8,14H2,1-4H3. The smallest absolute Gasteiger partial charge is 0.242 e. The molecular formula is C13H22N2O2S2. The van der Waals surface area contributed by atoms with Crippen molar-refractivity contribution in [2.75, 3.05) is 17.2 Å². The van der Waals surface area contributed by atoms with Crippen molar-refractivity contribution >= 4 is 27.5 Å². The van der Waals surface area contributed by atoms with Gasteiger partial charge in [0.2, 0.25) is 10.0 Å². The number of hydrogen-bond acceptors (Lipinski definition) is 4. The Morgan fingerprint density at radius 1 is 1.32 bits per heavy atom. The van der Waals surface area contributed by atoms with Crippen LogP contribution < -0.4 is 10.5 Å². The Morgan fingerprint density at radius 3 is 2.47 bits per heavy atom. The predicted octanol–water partition coefficient (Wildman–Crippen LogP) is 2.31. The van der Waals surface area contributed by atoms with E-state index in [0.29, 0.717) is 5.69 Å². The normalized spacial score (nSPS) is 13.5. The van der Waals surface area contributed by atoms with Crippen LogP contribution >= 0.6 is 11.8 Å². The van der Waals surface area contributed by atoms with Crippen LogP contribution in [0.3, 0.4) is 0 Å². The van der Waals surface area contributed by atoms with Gasteiger partial charge in [0.25, 0.3) is 0 Å². The third kappa shape index (κ3) is 4.40. The lowest BCUT2D eigenvalue weighted by molar-refractivity contribution is 0.571. The number of hydrogen-bond donors (Lipinski definition) is 2. The molecule has 108 valence electrons. The molecule has 1 aromatic carbocycles. The number of nitrogen functional groups attached to an aromatic ring is 1. The number of thioether (sulfide) groups is 1. The van der Waals surface area contributed by atoms with E-state index in [1.165, 1.54) is 0 Å². The molecule has 0 aliphatic rings. The van der Waals surface area contributed by atoms with Crippen molar-refractivity contribution in [1.82, 2.24) is 4.72 Å². The average Bonchev–Trinajstić information content (AvgIpc) is 2.30. The van der Waals surface area contributed by atoms with Crippen LogP contribution in [0.5, 0.6) is 0 Å². The summed E-state index contributed by atoms with van der Waals surface area (Å²) in [5.41, 5.74) is 8.04. The summed E-state index contributed by atoms with van der Waals surface area (Å²) in [5.74, 6) is 1.72. The first-order valence-electron chi connectivity index (χ1n) is 6.24. The Kier molecular flexibility index (Phi) is 5.70. The third-order valence-corrected chi connectivity index (χ3v) is 5.63. The summed E-state index contributed by atoms with van der Waals surface area (Å²) in [4.78, 5) is 0.170. The highest BCUT2D eigenvalue weighted by atomic mass is 32.2. The molecule has 1 unspecified atom stereocenters. The summed E-state index contributed by atoms with van der Waals surface area (Å²) >= 11 is 1.70. The Bertz CT molecular complexity index is 542. The maximum Gasteiger partial charge on any atom is 0.242 e. The van der Waals surface area contributed by atoms with Crippen molar-refractivity contribution in [2.24, 2.45) is 0 Å². The zero-order valence-electron chi connectivity index (χ0n) is 11.9. The number of anilines is 1. The summed E-state index contributed by atoms with van der Waals surface area (Å²) in [6.45, 7) is 7.70. The zero-order chi connectivity index (χ0) is 14.6. The lowest BCUT2D eigenvalue weighted by Gasteiger charge is -2.16. The van der Waals surface area contributed by atoms with Gasteiger partial charge in [-0.3, -0.25) is 0 Å². The molecule has 1 aromatic rings. The number of aryl methyl sites for hydroxylation is 2. The molecule has 1 rings (SSSR count). The summed E-state index contributed by atoms with van der Waals surface area (Å²) in [6.07, 6.45) is 0. The van der Waals surface area contributed by atoms with E-state index in [1.54, 1.807) is 23.9 Å². The molecule has 0 aliphatic carbocycles. The highest BCUT2D eigenvalue weighted by Gasteiger charge is 2.20. The van der Waals surface area contributed by atoms with Crippen LogP contribution in [0.2, 0.25) is 0 Å². The molecule has 1 atom stereocenters. The van der Waals surface area contributed by atoms with Gasteiger partial charge in [-0.25, -0.2) is 13.1 Å². The highest BCUT2D eigenvalue weighted by molar-refractivity contribution is 7.99. The number of rotatable bonds is 6. The average molecular weight is 302 g/mol. The SMILES string of the molecule is CCSCC(C)NS(=O)(=O)c1cc(C)c(C)cc1N. The quantitative estimate of drug-likeness (QED) is 0.791. The summed E-state index contributed by atoms with van der Waals surface area (Å²) < 4.78 is 27.2. The molecule has 6 heteroatoms. The number of nitrogens with one attached hydrogen (secondary N) is 1. The van der Waals surface area contributed by atoms with Gasteiger partial charge >= 0.3 is 0 Å². The second-order valence-corrected chi connectivity index (χ2v) is 7.66. The molecule has 0 radical (unpaired) electrons. The van der Waals surface area contributed by atoms with Crippen LogP contribution in [-0.4, -0.2) is 26.0 Å². The molecule has 0 amide bonds. The molecule has 4 nitrogen and oxygen atoms in total. The lowest BCUT2D eigenvalue weighted by Crippen LogP contribution is -2.34. The van der Waals surface area contributed by atoms with E-state index in [2.05, 4.69) is 4.72 Å². The van der Waals surface area contributed by atoms with Crippen LogP contribution in [0.15, 0.2) is 17.0 Å². The zero-order valence-corrected chi connectivity index (χ0v) is 13.5. The molecule has 0 aliphatic heterocycles. The van der Waals surface area contributed by atoms with Crippen LogP contribution in [0.1, 0.15) is 25.0 Å². The van der Waals surface area contributed by atoms with Gasteiger partial charge in [-0.2, -0.15) is 11.8 Å². The Labute approximate surface area is 120 Å². The third-order valence-electron chi connectivity index (χ3n) is 2.84. The van der Waals surface area contributed by atoms with Crippen molar-refractivity contribution in [3.8, 4) is 0 Å². The van der Waals surface area contributed by atoms with Gasteiger partial charge in [0.05, 0.1) is 5.69 Å². The van der Waals surface area contributed by atoms with E-state index in [1.807, 2.05) is 27.7 Å². The van der Waals surface area contributed by atoms with Crippen LogP contribution in [0.4, 0.5) is 5.69 Å². The van der Waals surface area contributed by atoms with Gasteiger partial charge in [0.15, 0.2) is 0 Å². The molecule has 0 fully saturated rings. The molecule has 0 bridgehead atoms. The van der Waals surface area contributed by atoms with Crippen molar-refractivity contribution in [1.29, 1.82) is 0 Å². The van der Waals surface area contributed by atoms with E-state index in [4.69, 9.17) is 5.73 Å². The second kappa shape index (κ2) is 6.63. The molecule has 0 heterocycles. The minimum atomic E-state index is -3.55. The minimum Gasteiger partial charge on any atom is -0.398 e. The Hall–Kier alpha value is -0.720. The molecule has 0 spiro atoms. The monoisotopic (exact) mass is 302 g/mol. The van der Waals surface area contributed by atoms with Gasteiger partial charge in [0, 0.05) is 11.8 Å². The fourth-order valence-corrected chi connectivity index (χ4v) is 3.92.